The molecule has 2 aromatic heterocycles. The zero-order valence-electron chi connectivity index (χ0n) is 18.0. The van der Waals surface area contributed by atoms with Gasteiger partial charge in [-0.1, -0.05) is 18.2 Å². The van der Waals surface area contributed by atoms with Gasteiger partial charge in [-0.3, -0.25) is 4.79 Å². The van der Waals surface area contributed by atoms with Gasteiger partial charge in [-0.2, -0.15) is 0 Å². The molecule has 0 aliphatic heterocycles. The Labute approximate surface area is 184 Å². The number of pyridine rings is 1. The molecule has 0 radical (unpaired) electrons. The van der Waals surface area contributed by atoms with Gasteiger partial charge in [0.25, 0.3) is 5.91 Å². The van der Waals surface area contributed by atoms with Crippen LogP contribution in [0.4, 0.5) is 5.69 Å². The molecule has 2 heterocycles. The summed E-state index contributed by atoms with van der Waals surface area (Å²) in [6, 6.07) is 17.4. The molecule has 162 valence electrons. The molecule has 32 heavy (non-hydrogen) atoms. The predicted molar refractivity (Wildman–Crippen MR) is 120 cm³/mol. The number of esters is 1. The SMILES string of the molecule is Cc1cc(C)c2c(OCC(=O)Oc3ccc(NC(=O)c4ccccc4)cc3)nn(C)c2n1. The zero-order chi connectivity index (χ0) is 22.7. The predicted octanol–water partition coefficient (Wildman–Crippen LogP) is 3.82. The normalized spacial score (nSPS) is 10.7. The van der Waals surface area contributed by atoms with Gasteiger partial charge < -0.3 is 14.8 Å². The molecule has 0 saturated carbocycles. The molecule has 0 unspecified atom stereocenters. The van der Waals surface area contributed by atoms with E-state index < -0.39 is 5.97 Å². The molecule has 0 aliphatic carbocycles. The van der Waals surface area contributed by atoms with Crippen molar-refractivity contribution < 1.29 is 19.1 Å². The highest BCUT2D eigenvalue weighted by Gasteiger charge is 2.16. The van der Waals surface area contributed by atoms with E-state index in [0.29, 0.717) is 28.5 Å². The third kappa shape index (κ3) is 4.59. The summed E-state index contributed by atoms with van der Waals surface area (Å²) in [6.07, 6.45) is 0. The quantitative estimate of drug-likeness (QED) is 0.369. The van der Waals surface area contributed by atoms with E-state index in [1.165, 1.54) is 0 Å². The van der Waals surface area contributed by atoms with Crippen molar-refractivity contribution >= 4 is 28.6 Å². The number of aryl methyl sites for hydroxylation is 3. The summed E-state index contributed by atoms with van der Waals surface area (Å²) < 4.78 is 12.6. The van der Waals surface area contributed by atoms with Crippen molar-refractivity contribution in [3.8, 4) is 11.6 Å². The van der Waals surface area contributed by atoms with E-state index in [1.54, 1.807) is 60.3 Å². The lowest BCUT2D eigenvalue weighted by Gasteiger charge is -2.08. The first-order valence-electron chi connectivity index (χ1n) is 10.0. The number of anilines is 1. The van der Waals surface area contributed by atoms with Crippen molar-refractivity contribution in [1.82, 2.24) is 14.8 Å². The average Bonchev–Trinajstić information content (AvgIpc) is 3.10. The van der Waals surface area contributed by atoms with Crippen molar-refractivity contribution in [2.24, 2.45) is 7.05 Å². The topological polar surface area (TPSA) is 95.3 Å². The Kier molecular flexibility index (Phi) is 5.85. The van der Waals surface area contributed by atoms with Gasteiger partial charge in [0.2, 0.25) is 5.88 Å². The van der Waals surface area contributed by atoms with Gasteiger partial charge in [0.15, 0.2) is 12.3 Å². The first-order chi connectivity index (χ1) is 15.4. The summed E-state index contributed by atoms with van der Waals surface area (Å²) in [6.45, 7) is 3.56. The maximum atomic E-state index is 12.2. The molecular weight excluding hydrogens is 408 g/mol. The third-order valence-electron chi connectivity index (χ3n) is 4.79. The number of fused-ring (bicyclic) bond motifs is 1. The molecule has 1 amide bonds. The summed E-state index contributed by atoms with van der Waals surface area (Å²) in [7, 11) is 1.78. The monoisotopic (exact) mass is 430 g/mol. The van der Waals surface area contributed by atoms with Crippen LogP contribution in [0.3, 0.4) is 0 Å². The van der Waals surface area contributed by atoms with Crippen LogP contribution in [0.5, 0.6) is 11.6 Å². The third-order valence-corrected chi connectivity index (χ3v) is 4.79. The van der Waals surface area contributed by atoms with Gasteiger partial charge in [0.1, 0.15) is 5.75 Å². The van der Waals surface area contributed by atoms with Gasteiger partial charge in [0, 0.05) is 24.0 Å². The minimum atomic E-state index is -0.567. The highest BCUT2D eigenvalue weighted by molar-refractivity contribution is 6.04. The number of hydrogen-bond acceptors (Lipinski definition) is 6. The number of aromatic nitrogens is 3. The molecule has 8 nitrogen and oxygen atoms in total. The second-order valence-electron chi connectivity index (χ2n) is 7.32. The smallest absolute Gasteiger partial charge is 0.349 e. The molecule has 4 aromatic rings. The molecule has 0 saturated heterocycles. The number of amides is 1. The molecule has 2 aromatic carbocycles. The molecule has 8 heteroatoms. The highest BCUT2D eigenvalue weighted by atomic mass is 16.6. The fraction of sp³-hybridized carbons (Fsp3) is 0.167. The van der Waals surface area contributed by atoms with E-state index in [2.05, 4.69) is 15.4 Å². The van der Waals surface area contributed by atoms with Crippen molar-refractivity contribution in [2.75, 3.05) is 11.9 Å². The first-order valence-corrected chi connectivity index (χ1v) is 10.0. The summed E-state index contributed by atoms with van der Waals surface area (Å²) in [4.78, 5) is 28.9. The van der Waals surface area contributed by atoms with Crippen molar-refractivity contribution in [3.05, 3.63) is 77.5 Å². The molecular formula is C24H22N4O4. The lowest BCUT2D eigenvalue weighted by atomic mass is 10.2. The van der Waals surface area contributed by atoms with Crippen molar-refractivity contribution in [2.45, 2.75) is 13.8 Å². The molecule has 1 N–H and O–H groups in total. The lowest BCUT2D eigenvalue weighted by Crippen LogP contribution is -2.18. The zero-order valence-corrected chi connectivity index (χ0v) is 18.0. The Bertz CT molecular complexity index is 1280. The molecule has 0 atom stereocenters. The highest BCUT2D eigenvalue weighted by Crippen LogP contribution is 2.27. The van der Waals surface area contributed by atoms with Crippen LogP contribution in [-0.2, 0) is 11.8 Å². The summed E-state index contributed by atoms with van der Waals surface area (Å²) in [5, 5.41) is 7.88. The maximum Gasteiger partial charge on any atom is 0.349 e. The Morgan fingerprint density at radius 2 is 1.75 bits per heavy atom. The van der Waals surface area contributed by atoms with Crippen molar-refractivity contribution in [3.63, 3.8) is 0 Å². The summed E-state index contributed by atoms with van der Waals surface area (Å²) in [5.41, 5.74) is 3.69. The molecule has 0 aliphatic rings. The van der Waals surface area contributed by atoms with Crippen LogP contribution in [0.15, 0.2) is 60.7 Å². The van der Waals surface area contributed by atoms with E-state index in [0.717, 1.165) is 16.6 Å². The van der Waals surface area contributed by atoms with Crippen LogP contribution in [0.1, 0.15) is 21.6 Å². The Morgan fingerprint density at radius 1 is 1.03 bits per heavy atom. The Balaban J connectivity index is 1.36. The van der Waals surface area contributed by atoms with E-state index in [1.807, 2.05) is 26.0 Å². The second-order valence-corrected chi connectivity index (χ2v) is 7.32. The van der Waals surface area contributed by atoms with Crippen LogP contribution in [-0.4, -0.2) is 33.2 Å². The number of rotatable bonds is 6. The molecule has 0 spiro atoms. The minimum absolute atomic E-state index is 0.216. The number of hydrogen-bond donors (Lipinski definition) is 1. The maximum absolute atomic E-state index is 12.2. The number of ether oxygens (including phenoxy) is 2. The van der Waals surface area contributed by atoms with E-state index in [4.69, 9.17) is 9.47 Å². The fourth-order valence-electron chi connectivity index (χ4n) is 3.34. The van der Waals surface area contributed by atoms with Crippen LogP contribution in [0, 0.1) is 13.8 Å². The van der Waals surface area contributed by atoms with Crippen LogP contribution < -0.4 is 14.8 Å². The van der Waals surface area contributed by atoms with Crippen molar-refractivity contribution in [1.29, 1.82) is 0 Å². The van der Waals surface area contributed by atoms with Gasteiger partial charge in [0.05, 0.1) is 5.39 Å². The minimum Gasteiger partial charge on any atom is -0.464 e. The van der Waals surface area contributed by atoms with Crippen LogP contribution in [0.2, 0.25) is 0 Å². The van der Waals surface area contributed by atoms with Gasteiger partial charge in [-0.05, 0) is 61.9 Å². The molecule has 0 bridgehead atoms. The lowest BCUT2D eigenvalue weighted by molar-refractivity contribution is -0.136. The van der Waals surface area contributed by atoms with Gasteiger partial charge in [-0.25, -0.2) is 14.5 Å². The van der Waals surface area contributed by atoms with Crippen LogP contribution >= 0.6 is 0 Å². The van der Waals surface area contributed by atoms with Gasteiger partial charge >= 0.3 is 5.97 Å². The Morgan fingerprint density at radius 3 is 2.47 bits per heavy atom. The number of nitrogens with zero attached hydrogens (tertiary/aromatic N) is 3. The number of benzene rings is 2. The second kappa shape index (κ2) is 8.89. The summed E-state index contributed by atoms with van der Waals surface area (Å²) >= 11 is 0. The van der Waals surface area contributed by atoms with E-state index in [9.17, 15) is 9.59 Å². The molecule has 0 fully saturated rings. The Hall–Kier alpha value is -4.20. The largest absolute Gasteiger partial charge is 0.464 e. The number of nitrogens with one attached hydrogen (secondary N) is 1. The fourth-order valence-corrected chi connectivity index (χ4v) is 3.34. The van der Waals surface area contributed by atoms with E-state index >= 15 is 0 Å². The van der Waals surface area contributed by atoms with Crippen LogP contribution in [0.25, 0.3) is 11.0 Å². The average molecular weight is 430 g/mol. The number of carbonyl (C=O) groups excluding carboxylic acids is 2. The van der Waals surface area contributed by atoms with E-state index in [-0.39, 0.29) is 12.5 Å². The standard InChI is InChI=1S/C24H22N4O4/c1-15-13-16(2)25-22-21(15)24(27-28(22)3)31-14-20(29)32-19-11-9-18(10-12-19)26-23(30)17-7-5-4-6-8-17/h4-13H,14H2,1-3H3,(H,26,30). The summed E-state index contributed by atoms with van der Waals surface area (Å²) in [5.74, 6) is -0.104. The first kappa shape index (κ1) is 21.0. The number of carbonyl (C=O) groups is 2. The molecule has 4 rings (SSSR count). The van der Waals surface area contributed by atoms with Gasteiger partial charge in [-0.15, -0.1) is 5.10 Å².